The van der Waals surface area contributed by atoms with E-state index in [1.165, 1.54) is 18.2 Å². The Morgan fingerprint density at radius 1 is 1.41 bits per heavy atom. The molecule has 7 nitrogen and oxygen atoms in total. The molecule has 1 aromatic rings. The average molecular weight is 307 g/mol. The Morgan fingerprint density at radius 2 is 2.14 bits per heavy atom. The molecular weight excluding hydrogens is 286 g/mol. The van der Waals surface area contributed by atoms with Gasteiger partial charge in [-0.2, -0.15) is 0 Å². The number of carbonyl (C=O) groups is 1. The maximum absolute atomic E-state index is 12.1. The maximum atomic E-state index is 12.1. The number of hydrogen-bond donors (Lipinski definition) is 3. The molecule has 1 aromatic carbocycles. The van der Waals surface area contributed by atoms with Crippen molar-refractivity contribution >= 4 is 17.4 Å². The molecule has 22 heavy (non-hydrogen) atoms. The van der Waals surface area contributed by atoms with Crippen LogP contribution in [-0.4, -0.2) is 28.7 Å². The highest BCUT2D eigenvalue weighted by molar-refractivity contribution is 5.90. The van der Waals surface area contributed by atoms with Gasteiger partial charge in [0.2, 0.25) is 0 Å². The fourth-order valence-corrected chi connectivity index (χ4v) is 2.84. The van der Waals surface area contributed by atoms with E-state index >= 15 is 0 Å². The number of hydrogen-bond acceptors (Lipinski definition) is 4. The number of amides is 2. The molecule has 1 aliphatic rings. The van der Waals surface area contributed by atoms with Gasteiger partial charge in [0, 0.05) is 36.4 Å². The summed E-state index contributed by atoms with van der Waals surface area (Å²) in [6, 6.07) is 3.93. The largest absolute Gasteiger partial charge is 0.396 e. The first-order valence-electron chi connectivity index (χ1n) is 7.44. The van der Waals surface area contributed by atoms with Crippen LogP contribution in [0.15, 0.2) is 18.2 Å². The quantitative estimate of drug-likeness (QED) is 0.587. The molecule has 0 bridgehead atoms. The summed E-state index contributed by atoms with van der Waals surface area (Å²) in [6.07, 6.45) is 3.89. The highest BCUT2D eigenvalue weighted by Crippen LogP contribution is 2.25. The molecule has 0 saturated heterocycles. The smallest absolute Gasteiger partial charge is 0.319 e. The highest BCUT2D eigenvalue weighted by atomic mass is 16.6. The van der Waals surface area contributed by atoms with Crippen LogP contribution in [-0.2, 0) is 0 Å². The fourth-order valence-electron chi connectivity index (χ4n) is 2.84. The Morgan fingerprint density at radius 3 is 2.77 bits per heavy atom. The lowest BCUT2D eigenvalue weighted by molar-refractivity contribution is -0.384. The Bertz CT molecular complexity index is 562. The van der Waals surface area contributed by atoms with Crippen LogP contribution in [0, 0.1) is 23.0 Å². The molecule has 1 aliphatic carbocycles. The number of urea groups is 1. The van der Waals surface area contributed by atoms with Gasteiger partial charge in [-0.05, 0) is 31.4 Å². The number of aliphatic hydroxyl groups excluding tert-OH is 1. The maximum Gasteiger partial charge on any atom is 0.319 e. The molecule has 1 fully saturated rings. The van der Waals surface area contributed by atoms with Crippen molar-refractivity contribution in [1.82, 2.24) is 5.32 Å². The van der Waals surface area contributed by atoms with Gasteiger partial charge in [-0.25, -0.2) is 4.79 Å². The van der Waals surface area contributed by atoms with E-state index in [0.717, 1.165) is 25.7 Å². The van der Waals surface area contributed by atoms with E-state index < -0.39 is 4.92 Å². The number of anilines is 1. The molecular formula is C15H21N3O4. The molecule has 2 amide bonds. The summed E-state index contributed by atoms with van der Waals surface area (Å²) in [6.45, 7) is 1.78. The van der Waals surface area contributed by atoms with Gasteiger partial charge in [0.05, 0.1) is 4.92 Å². The third kappa shape index (κ3) is 3.94. The molecule has 2 atom stereocenters. The van der Waals surface area contributed by atoms with Crippen LogP contribution in [0.4, 0.5) is 16.2 Å². The number of carbonyl (C=O) groups excluding carboxylic acids is 1. The molecule has 0 aliphatic heterocycles. The van der Waals surface area contributed by atoms with Crippen LogP contribution in [0.25, 0.3) is 0 Å². The predicted molar refractivity (Wildman–Crippen MR) is 82.8 cm³/mol. The monoisotopic (exact) mass is 307 g/mol. The highest BCUT2D eigenvalue weighted by Gasteiger charge is 2.25. The Kier molecular flexibility index (Phi) is 5.32. The van der Waals surface area contributed by atoms with E-state index in [0.29, 0.717) is 11.3 Å². The van der Waals surface area contributed by atoms with Gasteiger partial charge in [0.25, 0.3) is 5.69 Å². The zero-order valence-electron chi connectivity index (χ0n) is 12.5. The molecule has 3 N–H and O–H groups in total. The Hall–Kier alpha value is -2.15. The first-order chi connectivity index (χ1) is 10.5. The van der Waals surface area contributed by atoms with Gasteiger partial charge in [0.1, 0.15) is 0 Å². The van der Waals surface area contributed by atoms with Crippen LogP contribution in [0.5, 0.6) is 0 Å². The zero-order valence-corrected chi connectivity index (χ0v) is 12.5. The van der Waals surface area contributed by atoms with Gasteiger partial charge in [-0.1, -0.05) is 12.8 Å². The first-order valence-corrected chi connectivity index (χ1v) is 7.44. The number of aliphatic hydroxyl groups is 1. The molecule has 2 rings (SSSR count). The minimum absolute atomic E-state index is 0.00363. The second kappa shape index (κ2) is 7.22. The number of nitro benzene ring substituents is 1. The van der Waals surface area contributed by atoms with Crippen LogP contribution in [0.2, 0.25) is 0 Å². The molecule has 120 valence electrons. The van der Waals surface area contributed by atoms with Gasteiger partial charge in [0.15, 0.2) is 0 Å². The van der Waals surface area contributed by atoms with Crippen molar-refractivity contribution in [3.63, 3.8) is 0 Å². The summed E-state index contributed by atoms with van der Waals surface area (Å²) in [5.41, 5.74) is 1.17. The standard InChI is InChI=1S/C15H21N3O4/c1-10-8-12(18(21)22)6-7-13(10)16-15(20)17-14-5-3-2-4-11(14)9-19/h6-8,11,14,19H,2-5,9H2,1H3,(H2,16,17,20)/t11-,14-/m1/s1. The van der Waals surface area contributed by atoms with Crippen molar-refractivity contribution in [1.29, 1.82) is 0 Å². The van der Waals surface area contributed by atoms with Gasteiger partial charge in [-0.3, -0.25) is 10.1 Å². The van der Waals surface area contributed by atoms with Gasteiger partial charge in [-0.15, -0.1) is 0 Å². The number of nitrogens with zero attached hydrogens (tertiary/aromatic N) is 1. The molecule has 0 heterocycles. The summed E-state index contributed by atoms with van der Waals surface area (Å²) in [7, 11) is 0. The van der Waals surface area contributed by atoms with E-state index in [9.17, 15) is 20.0 Å². The number of rotatable bonds is 4. The summed E-state index contributed by atoms with van der Waals surface area (Å²) in [5, 5.41) is 25.7. The second-order valence-electron chi connectivity index (χ2n) is 5.69. The number of nitro groups is 1. The van der Waals surface area contributed by atoms with Crippen molar-refractivity contribution in [2.24, 2.45) is 5.92 Å². The molecule has 0 spiro atoms. The number of nitrogens with one attached hydrogen (secondary N) is 2. The fraction of sp³-hybridized carbons (Fsp3) is 0.533. The minimum Gasteiger partial charge on any atom is -0.396 e. The van der Waals surface area contributed by atoms with E-state index in [4.69, 9.17) is 0 Å². The predicted octanol–water partition coefficient (Wildman–Crippen LogP) is 2.58. The lowest BCUT2D eigenvalue weighted by Gasteiger charge is -2.30. The lowest BCUT2D eigenvalue weighted by Crippen LogP contribution is -2.45. The van der Waals surface area contributed by atoms with E-state index in [2.05, 4.69) is 10.6 Å². The molecule has 0 aromatic heterocycles. The van der Waals surface area contributed by atoms with Crippen molar-refractivity contribution in [3.05, 3.63) is 33.9 Å². The Balaban J connectivity index is 1.98. The molecule has 0 radical (unpaired) electrons. The zero-order chi connectivity index (χ0) is 16.1. The van der Waals surface area contributed by atoms with Crippen LogP contribution >= 0.6 is 0 Å². The number of non-ortho nitro benzene ring substituents is 1. The summed E-state index contributed by atoms with van der Waals surface area (Å²) >= 11 is 0. The normalized spacial score (nSPS) is 21.2. The van der Waals surface area contributed by atoms with Gasteiger partial charge >= 0.3 is 6.03 Å². The third-order valence-corrected chi connectivity index (χ3v) is 4.13. The average Bonchev–Trinajstić information content (AvgIpc) is 2.49. The molecule has 1 saturated carbocycles. The van der Waals surface area contributed by atoms with Crippen LogP contribution in [0.3, 0.4) is 0 Å². The summed E-state index contributed by atoms with van der Waals surface area (Å²) < 4.78 is 0. The van der Waals surface area contributed by atoms with Crippen molar-refractivity contribution in [2.45, 2.75) is 38.6 Å². The van der Waals surface area contributed by atoms with Crippen molar-refractivity contribution in [2.75, 3.05) is 11.9 Å². The minimum atomic E-state index is -0.468. The number of aryl methyl sites for hydroxylation is 1. The topological polar surface area (TPSA) is 105 Å². The van der Waals surface area contributed by atoms with Crippen molar-refractivity contribution in [3.8, 4) is 0 Å². The molecule has 0 unspecified atom stereocenters. The van der Waals surface area contributed by atoms with Crippen molar-refractivity contribution < 1.29 is 14.8 Å². The van der Waals surface area contributed by atoms with E-state index in [1.54, 1.807) is 6.92 Å². The summed E-state index contributed by atoms with van der Waals surface area (Å²) in [4.78, 5) is 22.3. The lowest BCUT2D eigenvalue weighted by atomic mass is 9.85. The molecule has 7 heteroatoms. The van der Waals surface area contributed by atoms with Crippen LogP contribution in [0.1, 0.15) is 31.2 Å². The van der Waals surface area contributed by atoms with E-state index in [-0.39, 0.29) is 30.3 Å². The van der Waals surface area contributed by atoms with E-state index in [1.807, 2.05) is 0 Å². The van der Waals surface area contributed by atoms with Gasteiger partial charge < -0.3 is 15.7 Å². The third-order valence-electron chi connectivity index (χ3n) is 4.13. The first kappa shape index (κ1) is 16.2. The Labute approximate surface area is 128 Å². The second-order valence-corrected chi connectivity index (χ2v) is 5.69. The SMILES string of the molecule is Cc1cc([N+](=O)[O-])ccc1NC(=O)N[C@@H]1CCCC[C@@H]1CO. The summed E-state index contributed by atoms with van der Waals surface area (Å²) in [5.74, 6) is 0.0949. The van der Waals surface area contributed by atoms with Crippen LogP contribution < -0.4 is 10.6 Å². The number of benzene rings is 1.